The molecule has 2 aliphatic heterocycles. The minimum absolute atomic E-state index is 0.0565. The van der Waals surface area contributed by atoms with Crippen molar-refractivity contribution < 1.29 is 9.53 Å². The maximum absolute atomic E-state index is 12.7. The second-order valence-electron chi connectivity index (χ2n) is 6.38. The molecule has 2 heterocycles. The lowest BCUT2D eigenvalue weighted by Crippen LogP contribution is -2.37. The summed E-state index contributed by atoms with van der Waals surface area (Å²) in [5.41, 5.74) is 5.57. The van der Waals surface area contributed by atoms with Crippen LogP contribution >= 0.6 is 0 Å². The number of ether oxygens (including phenoxy) is 1. The van der Waals surface area contributed by atoms with Crippen LogP contribution in [0, 0.1) is 0 Å². The van der Waals surface area contributed by atoms with Crippen LogP contribution in [-0.4, -0.2) is 31.1 Å². The van der Waals surface area contributed by atoms with E-state index in [-0.39, 0.29) is 6.03 Å². The number of nitrogens with zero attached hydrogens (tertiary/aromatic N) is 2. The van der Waals surface area contributed by atoms with E-state index in [4.69, 9.17) is 4.74 Å². The second kappa shape index (κ2) is 6.17. The monoisotopic (exact) mass is 323 g/mol. The van der Waals surface area contributed by atoms with E-state index in [1.165, 1.54) is 16.8 Å². The van der Waals surface area contributed by atoms with Gasteiger partial charge in [0.15, 0.2) is 0 Å². The van der Waals surface area contributed by atoms with Crippen LogP contribution in [0.5, 0.6) is 0 Å². The molecule has 4 rings (SSSR count). The third-order valence-electron chi connectivity index (χ3n) is 4.73. The number of fused-ring (bicyclic) bond motifs is 2. The molecule has 2 aliphatic rings. The zero-order chi connectivity index (χ0) is 16.5. The van der Waals surface area contributed by atoms with Crippen LogP contribution in [0.1, 0.15) is 16.7 Å². The summed E-state index contributed by atoms with van der Waals surface area (Å²) in [5.74, 6) is 0. The molecule has 0 fully saturated rings. The molecule has 24 heavy (non-hydrogen) atoms. The first kappa shape index (κ1) is 15.0. The number of hydrogen-bond donors (Lipinski definition) is 1. The Bertz CT molecular complexity index is 775. The summed E-state index contributed by atoms with van der Waals surface area (Å²) in [6.07, 6.45) is 0. The van der Waals surface area contributed by atoms with Crippen molar-refractivity contribution in [1.29, 1.82) is 0 Å². The molecular weight excluding hydrogens is 302 g/mol. The lowest BCUT2D eigenvalue weighted by Gasteiger charge is -2.21. The van der Waals surface area contributed by atoms with E-state index in [2.05, 4.69) is 29.4 Å². The van der Waals surface area contributed by atoms with Gasteiger partial charge < -0.3 is 19.9 Å². The van der Waals surface area contributed by atoms with E-state index in [9.17, 15) is 4.79 Å². The van der Waals surface area contributed by atoms with Gasteiger partial charge in [-0.05, 0) is 34.9 Å². The van der Waals surface area contributed by atoms with Crippen LogP contribution in [0.15, 0.2) is 42.5 Å². The number of anilines is 2. The molecule has 0 bridgehead atoms. The van der Waals surface area contributed by atoms with E-state index in [1.54, 1.807) is 0 Å². The molecule has 0 saturated carbocycles. The first-order chi connectivity index (χ1) is 11.7. The molecular formula is C19H21N3O2. The van der Waals surface area contributed by atoms with Crippen LogP contribution in [0.3, 0.4) is 0 Å². The molecule has 5 nitrogen and oxygen atoms in total. The highest BCUT2D eigenvalue weighted by Crippen LogP contribution is 2.25. The zero-order valence-electron chi connectivity index (χ0n) is 13.8. The summed E-state index contributed by atoms with van der Waals surface area (Å²) in [6.45, 7) is 3.44. The number of rotatable bonds is 1. The fourth-order valence-electron chi connectivity index (χ4n) is 3.32. The highest BCUT2D eigenvalue weighted by Gasteiger charge is 2.21. The summed E-state index contributed by atoms with van der Waals surface area (Å²) >= 11 is 0. The molecule has 2 aromatic carbocycles. The van der Waals surface area contributed by atoms with Crippen LogP contribution in [-0.2, 0) is 24.5 Å². The Hall–Kier alpha value is -2.53. The number of carbonyl (C=O) groups is 1. The van der Waals surface area contributed by atoms with Gasteiger partial charge >= 0.3 is 6.03 Å². The molecule has 0 atom stereocenters. The SMILES string of the molecule is CN1CCN(C(=O)Nc2ccc3c(c2)COC3)Cc2ccccc21. The second-order valence-corrected chi connectivity index (χ2v) is 6.38. The number of urea groups is 1. The molecule has 0 radical (unpaired) electrons. The normalized spacial score (nSPS) is 16.4. The smallest absolute Gasteiger partial charge is 0.322 e. The first-order valence-corrected chi connectivity index (χ1v) is 8.25. The first-order valence-electron chi connectivity index (χ1n) is 8.25. The predicted octanol–water partition coefficient (Wildman–Crippen LogP) is 3.20. The molecule has 0 saturated heterocycles. The van der Waals surface area contributed by atoms with E-state index in [0.29, 0.717) is 26.3 Å². The van der Waals surface area contributed by atoms with Gasteiger partial charge in [-0.2, -0.15) is 0 Å². The Morgan fingerprint density at radius 3 is 2.79 bits per heavy atom. The summed E-state index contributed by atoms with van der Waals surface area (Å²) in [5, 5.41) is 3.03. The molecule has 124 valence electrons. The highest BCUT2D eigenvalue weighted by molar-refractivity contribution is 5.89. The van der Waals surface area contributed by atoms with Gasteiger partial charge in [-0.3, -0.25) is 0 Å². The number of carbonyl (C=O) groups excluding carboxylic acids is 1. The fraction of sp³-hybridized carbons (Fsp3) is 0.316. The molecule has 2 aromatic rings. The maximum Gasteiger partial charge on any atom is 0.322 e. The summed E-state index contributed by atoms with van der Waals surface area (Å²) < 4.78 is 5.43. The van der Waals surface area contributed by atoms with Gasteiger partial charge in [-0.15, -0.1) is 0 Å². The van der Waals surface area contributed by atoms with Crippen molar-refractivity contribution in [2.45, 2.75) is 19.8 Å². The Labute approximate surface area is 141 Å². The van der Waals surface area contributed by atoms with Crippen molar-refractivity contribution in [3.8, 4) is 0 Å². The minimum atomic E-state index is -0.0565. The third kappa shape index (κ3) is 2.83. The molecule has 0 aromatic heterocycles. The lowest BCUT2D eigenvalue weighted by molar-refractivity contribution is 0.134. The summed E-state index contributed by atoms with van der Waals surface area (Å²) in [6, 6.07) is 14.2. The minimum Gasteiger partial charge on any atom is -0.373 e. The Balaban J connectivity index is 1.50. The van der Waals surface area contributed by atoms with Crippen molar-refractivity contribution >= 4 is 17.4 Å². The number of hydrogen-bond acceptors (Lipinski definition) is 3. The van der Waals surface area contributed by atoms with Crippen molar-refractivity contribution in [1.82, 2.24) is 4.90 Å². The quantitative estimate of drug-likeness (QED) is 0.876. The number of benzene rings is 2. The van der Waals surface area contributed by atoms with Crippen LogP contribution in [0.4, 0.5) is 16.2 Å². The number of para-hydroxylation sites is 1. The van der Waals surface area contributed by atoms with Gasteiger partial charge in [0.1, 0.15) is 0 Å². The Morgan fingerprint density at radius 1 is 1.04 bits per heavy atom. The Kier molecular flexibility index (Phi) is 3.86. The highest BCUT2D eigenvalue weighted by atomic mass is 16.5. The topological polar surface area (TPSA) is 44.8 Å². The Morgan fingerprint density at radius 2 is 1.88 bits per heavy atom. The van der Waals surface area contributed by atoms with Crippen molar-refractivity contribution in [3.63, 3.8) is 0 Å². The van der Waals surface area contributed by atoms with Crippen molar-refractivity contribution in [3.05, 3.63) is 59.2 Å². The van der Waals surface area contributed by atoms with E-state index < -0.39 is 0 Å². The van der Waals surface area contributed by atoms with E-state index >= 15 is 0 Å². The fourth-order valence-corrected chi connectivity index (χ4v) is 3.32. The van der Waals surface area contributed by atoms with Gasteiger partial charge in [0.2, 0.25) is 0 Å². The number of amides is 2. The van der Waals surface area contributed by atoms with Gasteiger partial charge in [0, 0.05) is 38.1 Å². The standard InChI is InChI=1S/C19H21N3O2/c1-21-8-9-22(11-14-4-2-3-5-18(14)21)19(23)20-17-7-6-15-12-24-13-16(15)10-17/h2-7,10H,8-9,11-13H2,1H3,(H,20,23). The molecule has 0 spiro atoms. The van der Waals surface area contributed by atoms with Gasteiger partial charge in [-0.1, -0.05) is 24.3 Å². The maximum atomic E-state index is 12.7. The van der Waals surface area contributed by atoms with Gasteiger partial charge in [-0.25, -0.2) is 4.79 Å². The van der Waals surface area contributed by atoms with Crippen LogP contribution in [0.2, 0.25) is 0 Å². The van der Waals surface area contributed by atoms with Gasteiger partial charge in [0.25, 0.3) is 0 Å². The van der Waals surface area contributed by atoms with E-state index in [1.807, 2.05) is 35.2 Å². The predicted molar refractivity (Wildman–Crippen MR) is 94.1 cm³/mol. The lowest BCUT2D eigenvalue weighted by atomic mass is 10.1. The average Bonchev–Trinajstić information content (AvgIpc) is 2.99. The molecule has 0 aliphatic carbocycles. The summed E-state index contributed by atoms with van der Waals surface area (Å²) in [7, 11) is 2.07. The molecule has 0 unspecified atom stereocenters. The average molecular weight is 323 g/mol. The van der Waals surface area contributed by atoms with Crippen molar-refractivity contribution in [2.24, 2.45) is 0 Å². The summed E-state index contributed by atoms with van der Waals surface area (Å²) in [4.78, 5) is 16.8. The molecule has 1 N–H and O–H groups in total. The van der Waals surface area contributed by atoms with Gasteiger partial charge in [0.05, 0.1) is 13.2 Å². The zero-order valence-corrected chi connectivity index (χ0v) is 13.8. The molecule has 2 amide bonds. The van der Waals surface area contributed by atoms with Crippen LogP contribution < -0.4 is 10.2 Å². The number of nitrogens with one attached hydrogen (secondary N) is 1. The van der Waals surface area contributed by atoms with Crippen LogP contribution in [0.25, 0.3) is 0 Å². The largest absolute Gasteiger partial charge is 0.373 e. The molecule has 5 heteroatoms. The van der Waals surface area contributed by atoms with Crippen molar-refractivity contribution in [2.75, 3.05) is 30.4 Å². The van der Waals surface area contributed by atoms with E-state index in [0.717, 1.165) is 17.8 Å². The third-order valence-corrected chi connectivity index (χ3v) is 4.73. The number of likely N-dealkylation sites (N-methyl/N-ethyl adjacent to an activating group) is 1.